The number of nitrogens with one attached hydrogen (secondary N) is 2. The number of aldehydes is 1. The molecule has 0 aromatic heterocycles. The molecule has 1 aliphatic rings. The summed E-state index contributed by atoms with van der Waals surface area (Å²) in [6, 6.07) is 10.2. The summed E-state index contributed by atoms with van der Waals surface area (Å²) in [5.41, 5.74) is 8.28. The highest BCUT2D eigenvalue weighted by Crippen LogP contribution is 2.29. The summed E-state index contributed by atoms with van der Waals surface area (Å²) in [4.78, 5) is 33.6. The van der Waals surface area contributed by atoms with E-state index in [0.29, 0.717) is 24.0 Å². The summed E-state index contributed by atoms with van der Waals surface area (Å²) in [5.74, 6) is -0.600. The lowest BCUT2D eigenvalue weighted by atomic mass is 10.1. The number of carbonyl (C=O) groups is 3. The Kier molecular flexibility index (Phi) is 6.91. The van der Waals surface area contributed by atoms with Crippen molar-refractivity contribution in [3.63, 3.8) is 0 Å². The lowest BCUT2D eigenvalue weighted by molar-refractivity contribution is -0.108. The first-order valence-electron chi connectivity index (χ1n) is 8.41. The molecule has 3 rings (SSSR count). The van der Waals surface area contributed by atoms with Gasteiger partial charge in [0.1, 0.15) is 6.29 Å². The van der Waals surface area contributed by atoms with Crippen LogP contribution < -0.4 is 16.4 Å². The fraction of sp³-hybridized carbons (Fsp3) is 0.211. The molecule has 1 heterocycles. The van der Waals surface area contributed by atoms with Crippen molar-refractivity contribution >= 4 is 29.7 Å². The largest absolute Gasteiger partial charge is 0.465 e. The van der Waals surface area contributed by atoms with Crippen molar-refractivity contribution in [1.29, 1.82) is 0 Å². The topological polar surface area (TPSA) is 125 Å². The van der Waals surface area contributed by atoms with E-state index in [1.54, 1.807) is 24.3 Å². The number of fused-ring (bicyclic) bond motifs is 1. The molecule has 9 heteroatoms. The van der Waals surface area contributed by atoms with Gasteiger partial charge in [-0.1, -0.05) is 18.2 Å². The smallest absolute Gasteiger partial charge is 0.404 e. The normalized spacial score (nSPS) is 11.9. The Bertz CT molecular complexity index is 888. The van der Waals surface area contributed by atoms with Gasteiger partial charge in [-0.05, 0) is 18.2 Å². The summed E-state index contributed by atoms with van der Waals surface area (Å²) in [7, 11) is 1.35. The number of halogens is 1. The number of hydrogen-bond acceptors (Lipinski definition) is 5. The second-order valence-electron chi connectivity index (χ2n) is 5.91. The van der Waals surface area contributed by atoms with Crippen molar-refractivity contribution < 1.29 is 23.9 Å². The van der Waals surface area contributed by atoms with E-state index in [4.69, 9.17) is 10.8 Å². The van der Waals surface area contributed by atoms with Gasteiger partial charge in [0.05, 0.1) is 12.2 Å². The van der Waals surface area contributed by atoms with E-state index in [-0.39, 0.29) is 24.7 Å². The zero-order valence-electron chi connectivity index (χ0n) is 15.2. The van der Waals surface area contributed by atoms with E-state index in [9.17, 15) is 18.8 Å². The number of nitrogen functional groups attached to an aromatic ring is 1. The van der Waals surface area contributed by atoms with Crippen LogP contribution in [-0.2, 0) is 17.9 Å². The maximum Gasteiger partial charge on any atom is 0.404 e. The van der Waals surface area contributed by atoms with E-state index < -0.39 is 11.9 Å². The molecule has 0 spiro atoms. The van der Waals surface area contributed by atoms with E-state index in [2.05, 4.69) is 5.32 Å². The molecule has 0 saturated heterocycles. The van der Waals surface area contributed by atoms with Crippen LogP contribution in [0.5, 0.6) is 0 Å². The molecule has 1 aliphatic heterocycles. The highest BCUT2D eigenvalue weighted by Gasteiger charge is 2.28. The van der Waals surface area contributed by atoms with Crippen molar-refractivity contribution in [3.05, 3.63) is 58.9 Å². The molecule has 148 valence electrons. The molecular formula is C19H21FN4O4. The monoisotopic (exact) mass is 388 g/mol. The first-order chi connectivity index (χ1) is 13.4. The molecule has 0 fully saturated rings. The molecule has 2 aromatic carbocycles. The Hall–Kier alpha value is -3.62. The third kappa shape index (κ3) is 4.76. The van der Waals surface area contributed by atoms with Crippen LogP contribution in [0.4, 0.5) is 20.6 Å². The van der Waals surface area contributed by atoms with Crippen LogP contribution in [0.3, 0.4) is 0 Å². The average molecular weight is 388 g/mol. The number of benzene rings is 2. The summed E-state index contributed by atoms with van der Waals surface area (Å²) >= 11 is 0. The predicted molar refractivity (Wildman–Crippen MR) is 102 cm³/mol. The molecule has 2 aromatic rings. The number of anilines is 2. The van der Waals surface area contributed by atoms with Crippen molar-refractivity contribution in [2.45, 2.75) is 13.1 Å². The Morgan fingerprint density at radius 2 is 2.00 bits per heavy atom. The average Bonchev–Trinajstić information content (AvgIpc) is 3.00. The van der Waals surface area contributed by atoms with E-state index in [1.165, 1.54) is 18.0 Å². The lowest BCUT2D eigenvalue weighted by Crippen LogP contribution is -2.25. The fourth-order valence-electron chi connectivity index (χ4n) is 2.72. The molecule has 5 N–H and O–H groups in total. The van der Waals surface area contributed by atoms with Crippen molar-refractivity contribution in [2.75, 3.05) is 24.6 Å². The Labute approximate surface area is 161 Å². The maximum absolute atomic E-state index is 13.9. The van der Waals surface area contributed by atoms with Gasteiger partial charge in [-0.3, -0.25) is 4.79 Å². The van der Waals surface area contributed by atoms with Gasteiger partial charge >= 0.3 is 6.09 Å². The van der Waals surface area contributed by atoms with Crippen molar-refractivity contribution in [1.82, 2.24) is 10.2 Å². The van der Waals surface area contributed by atoms with Gasteiger partial charge in [0.15, 0.2) is 5.82 Å². The minimum atomic E-state index is -0.995. The van der Waals surface area contributed by atoms with Crippen LogP contribution >= 0.6 is 0 Å². The standard InChI is InChI=1S/C17H16FN3O2.C2H5NO2/c18-16-11(3-1-5-14(16)19)9-20-15-6-2-4-12-13(15)10-21(7-8-22)17(12)23;1-3-2(4)5/h1-6,8,20H,7,9-10,19H2;3H,1H3,(H,4,5). The van der Waals surface area contributed by atoms with Crippen LogP contribution in [0.1, 0.15) is 21.5 Å². The highest BCUT2D eigenvalue weighted by molar-refractivity contribution is 6.00. The van der Waals surface area contributed by atoms with Gasteiger partial charge in [-0.25, -0.2) is 9.18 Å². The molecule has 0 saturated carbocycles. The molecule has 2 amide bonds. The zero-order valence-corrected chi connectivity index (χ0v) is 15.2. The Morgan fingerprint density at radius 3 is 2.64 bits per heavy atom. The first-order valence-corrected chi connectivity index (χ1v) is 8.41. The van der Waals surface area contributed by atoms with Gasteiger partial charge in [-0.15, -0.1) is 0 Å². The Balaban J connectivity index is 0.000000500. The van der Waals surface area contributed by atoms with Crippen LogP contribution in [0.15, 0.2) is 36.4 Å². The van der Waals surface area contributed by atoms with Gasteiger partial charge in [0, 0.05) is 42.5 Å². The minimum absolute atomic E-state index is 0.0663. The second kappa shape index (κ2) is 9.36. The van der Waals surface area contributed by atoms with Crippen LogP contribution in [-0.4, -0.2) is 41.9 Å². The van der Waals surface area contributed by atoms with Gasteiger partial charge < -0.3 is 31.2 Å². The molecule has 0 atom stereocenters. The van der Waals surface area contributed by atoms with Crippen molar-refractivity contribution in [2.24, 2.45) is 0 Å². The molecule has 28 heavy (non-hydrogen) atoms. The van der Waals surface area contributed by atoms with Crippen LogP contribution in [0.2, 0.25) is 0 Å². The molecule has 0 bridgehead atoms. The maximum atomic E-state index is 13.9. The zero-order chi connectivity index (χ0) is 20.7. The number of amides is 2. The number of carboxylic acid groups (broad SMARTS) is 1. The summed E-state index contributed by atoms with van der Waals surface area (Å²) < 4.78 is 13.9. The predicted octanol–water partition coefficient (Wildman–Crippen LogP) is 2.06. The second-order valence-corrected chi connectivity index (χ2v) is 5.91. The number of nitrogens with zero attached hydrogens (tertiary/aromatic N) is 1. The van der Waals surface area contributed by atoms with Gasteiger partial charge in [0.25, 0.3) is 5.91 Å². The van der Waals surface area contributed by atoms with E-state index >= 15 is 0 Å². The fourth-order valence-corrected chi connectivity index (χ4v) is 2.72. The summed E-state index contributed by atoms with van der Waals surface area (Å²) in [5, 5.41) is 12.7. The number of rotatable bonds is 5. The number of nitrogens with two attached hydrogens (primary N) is 1. The van der Waals surface area contributed by atoms with Crippen molar-refractivity contribution in [3.8, 4) is 0 Å². The van der Waals surface area contributed by atoms with Gasteiger partial charge in [0.2, 0.25) is 0 Å². The molecule has 8 nitrogen and oxygen atoms in total. The number of hydrogen-bond donors (Lipinski definition) is 4. The first kappa shape index (κ1) is 20.7. The number of carbonyl (C=O) groups excluding carboxylic acids is 2. The van der Waals surface area contributed by atoms with Crippen LogP contribution in [0, 0.1) is 5.82 Å². The van der Waals surface area contributed by atoms with E-state index in [1.807, 2.05) is 11.4 Å². The highest BCUT2D eigenvalue weighted by atomic mass is 19.1. The molecule has 0 radical (unpaired) electrons. The van der Waals surface area contributed by atoms with Gasteiger partial charge in [-0.2, -0.15) is 0 Å². The lowest BCUT2D eigenvalue weighted by Gasteiger charge is -2.13. The summed E-state index contributed by atoms with van der Waals surface area (Å²) in [6.45, 7) is 0.696. The third-order valence-corrected chi connectivity index (χ3v) is 4.13. The third-order valence-electron chi connectivity index (χ3n) is 4.13. The molecular weight excluding hydrogens is 367 g/mol. The van der Waals surface area contributed by atoms with Crippen LogP contribution in [0.25, 0.3) is 0 Å². The Morgan fingerprint density at radius 1 is 1.32 bits per heavy atom. The molecule has 0 aliphatic carbocycles. The quantitative estimate of drug-likeness (QED) is 0.459. The minimum Gasteiger partial charge on any atom is -0.465 e. The molecule has 0 unspecified atom stereocenters. The SMILES string of the molecule is CNC(=O)O.Nc1cccc(CNc2cccc3c2CN(CC=O)C3=O)c1F. The van der Waals surface area contributed by atoms with E-state index in [0.717, 1.165) is 11.3 Å². The summed E-state index contributed by atoms with van der Waals surface area (Å²) in [6.07, 6.45) is -0.288.